The van der Waals surface area contributed by atoms with Crippen molar-refractivity contribution in [3.05, 3.63) is 46.1 Å². The molecule has 116 heavy (non-hydrogen) atoms. The zero-order valence-corrected chi connectivity index (χ0v) is 70.1. The lowest BCUT2D eigenvalue weighted by Gasteiger charge is -2.71. The molecular formula is C87H134O29. The number of carbonyl (C=O) groups is 2. The highest BCUT2D eigenvalue weighted by Gasteiger charge is 2.74. The number of aliphatic hydroxyl groups excluding tert-OH is 14. The third kappa shape index (κ3) is 13.8. The Bertz CT molecular complexity index is 3870. The Labute approximate surface area is 679 Å². The van der Waals surface area contributed by atoms with Gasteiger partial charge in [0.2, 0.25) is 6.29 Å². The number of allylic oxidation sites excluding steroid dienone is 4. The highest BCUT2D eigenvalue weighted by Crippen LogP contribution is 2.78. The molecule has 29 nitrogen and oxygen atoms in total. The van der Waals surface area contributed by atoms with Crippen LogP contribution in [-0.2, 0) is 68.8 Å². The molecule has 17 N–H and O–H groups in total. The maximum absolute atomic E-state index is 15.4. The number of aromatic hydroxyl groups is 2. The number of hydrogen-bond acceptors (Lipinski definition) is 28. The van der Waals surface area contributed by atoms with Crippen LogP contribution in [0.25, 0.3) is 0 Å². The van der Waals surface area contributed by atoms with E-state index in [1.807, 2.05) is 19.9 Å². The summed E-state index contributed by atoms with van der Waals surface area (Å²) in [4.78, 5) is 27.7. The first kappa shape index (κ1) is 88.6. The van der Waals surface area contributed by atoms with Crippen molar-refractivity contribution in [1.29, 1.82) is 0 Å². The van der Waals surface area contributed by atoms with E-state index in [0.717, 1.165) is 87.3 Å². The molecule has 38 unspecified atom stereocenters. The molecule has 29 heteroatoms. The number of aliphatic carboxylic acids is 1. The third-order valence-electron chi connectivity index (χ3n) is 34.3. The van der Waals surface area contributed by atoms with Gasteiger partial charge in [-0.2, -0.15) is 0 Å². The molecule has 15 rings (SSSR count). The van der Waals surface area contributed by atoms with Crippen molar-refractivity contribution in [1.82, 2.24) is 0 Å². The van der Waals surface area contributed by atoms with Crippen molar-refractivity contribution in [2.24, 2.45) is 77.8 Å². The molecule has 0 aromatic heterocycles. The minimum Gasteiger partial charge on any atom is -0.504 e. The fourth-order valence-corrected chi connectivity index (χ4v) is 26.4. The minimum atomic E-state index is -1.93. The fraction of sp³-hybridized carbons (Fsp3) is 0.862. The molecule has 5 saturated heterocycles. The average molecular weight is 1640 g/mol. The van der Waals surface area contributed by atoms with Crippen LogP contribution in [0, 0.1) is 84.7 Å². The smallest absolute Gasteiger partial charge is 0.317 e. The predicted molar refractivity (Wildman–Crippen MR) is 412 cm³/mol. The van der Waals surface area contributed by atoms with Crippen LogP contribution in [0.1, 0.15) is 216 Å². The summed E-state index contributed by atoms with van der Waals surface area (Å²) in [7, 11) is 0. The highest BCUT2D eigenvalue weighted by atomic mass is 16.8. The standard InChI is InChI=1S/C58H94O25.C29H40O4/c1-23-44(80-47-40(69)34(63)27(60)21-74-47)38(67)42(71)48(76-23)79-33-13-14-55(7)30(54(33,5)6)12-15-56(8)31(55)11-10-25-26-18-53(3,4)16-17-58(26,32(62)19-57(25,56)9)52(73)83-51-46(35(64)28(61)22-75-51)82-49-43(72)39(68)45(24(2)77-49)81-50-41(70)37(66)36(65)29(20-59)78-50;1-17-18-7-8-21-27(4,19(18)15-20(30)23(17)31)12-14-29(6)22-16-26(3,24(32)33)10-9-25(22,2)11-13-28(21,29)5/h10,23-24,26-51,59-72H,11-22H2,1-9H3;8,15,22,30-31H,7,9-14,16H2,1-6H3,(H,32,33). The van der Waals surface area contributed by atoms with E-state index < -0.39 is 206 Å². The Morgan fingerprint density at radius 3 is 1.73 bits per heavy atom. The van der Waals surface area contributed by atoms with Gasteiger partial charge in [0.05, 0.1) is 49.7 Å². The molecule has 9 aliphatic carbocycles. The van der Waals surface area contributed by atoms with Crippen LogP contribution in [0.5, 0.6) is 11.5 Å². The fourth-order valence-electron chi connectivity index (χ4n) is 26.4. The van der Waals surface area contributed by atoms with Gasteiger partial charge in [0.1, 0.15) is 97.0 Å². The van der Waals surface area contributed by atoms with Gasteiger partial charge >= 0.3 is 11.9 Å². The Balaban J connectivity index is 0.000000278. The lowest BCUT2D eigenvalue weighted by molar-refractivity contribution is -0.374. The first-order valence-electron chi connectivity index (χ1n) is 42.7. The number of rotatable bonds is 12. The maximum atomic E-state index is 15.4. The number of ether oxygens (including phenoxy) is 10. The second-order valence-electron chi connectivity index (χ2n) is 41.3. The van der Waals surface area contributed by atoms with E-state index in [0.29, 0.717) is 31.6 Å². The van der Waals surface area contributed by atoms with Crippen LogP contribution in [0.15, 0.2) is 29.4 Å². The largest absolute Gasteiger partial charge is 0.504 e. The van der Waals surface area contributed by atoms with E-state index in [1.54, 1.807) is 6.92 Å². The lowest BCUT2D eigenvalue weighted by Crippen LogP contribution is -2.68. The normalized spacial score (nSPS) is 52.0. The number of benzene rings is 1. The second kappa shape index (κ2) is 30.9. The number of fused-ring (bicyclic) bond motifs is 14. The number of phenolic OH excluding ortho intramolecular Hbond substituents is 2. The summed E-state index contributed by atoms with van der Waals surface area (Å²) in [6, 6.07) is 1.81. The SMILES string of the molecule is CC1OC(OC2CCC3(C)C(CCC4(C)C3CC=C3C5CC(C)(C)CCC5(C(=O)OC5OCC(O)C(O)C5OC5OC(C)C(OC6OC(CO)C(O)C(O)C6O)C(O)C5O)C(O)CC34C)C2(C)C)C(O)C(O)C1OC1OCC(O)C(O)C1O.Cc1c(O)c(O)cc2c1CC=C1C2(C)CCC2(C)C3CC(C)(C(=O)O)CCC3(C)CCC12C. The summed E-state index contributed by atoms with van der Waals surface area (Å²) in [6.45, 7) is 30.7. The van der Waals surface area contributed by atoms with Gasteiger partial charge in [-0.05, 0) is 227 Å². The third-order valence-corrected chi connectivity index (χ3v) is 34.3. The van der Waals surface area contributed by atoms with Crippen molar-refractivity contribution in [3.63, 3.8) is 0 Å². The molecule has 0 radical (unpaired) electrons. The summed E-state index contributed by atoms with van der Waals surface area (Å²) in [6.07, 6.45) is -19.2. The topological polar surface area (TPSA) is 470 Å². The molecule has 1 aromatic rings. The number of phenols is 2. The van der Waals surface area contributed by atoms with E-state index in [4.69, 9.17) is 47.4 Å². The highest BCUT2D eigenvalue weighted by molar-refractivity contribution is 5.80. The van der Waals surface area contributed by atoms with Crippen molar-refractivity contribution in [2.75, 3.05) is 19.8 Å². The van der Waals surface area contributed by atoms with E-state index >= 15 is 4.79 Å². The van der Waals surface area contributed by atoms with Crippen molar-refractivity contribution >= 4 is 11.9 Å². The van der Waals surface area contributed by atoms with Gasteiger partial charge < -0.3 is 134 Å². The van der Waals surface area contributed by atoms with Gasteiger partial charge in [0.15, 0.2) is 42.8 Å². The molecule has 5 aliphatic heterocycles. The van der Waals surface area contributed by atoms with Crippen LogP contribution >= 0.6 is 0 Å². The lowest BCUT2D eigenvalue weighted by atomic mass is 9.33. The molecule has 7 saturated carbocycles. The van der Waals surface area contributed by atoms with Crippen molar-refractivity contribution in [2.45, 2.75) is 372 Å². The van der Waals surface area contributed by atoms with Gasteiger partial charge in [0.25, 0.3) is 0 Å². The Morgan fingerprint density at radius 1 is 0.526 bits per heavy atom. The second-order valence-corrected chi connectivity index (χ2v) is 41.3. The van der Waals surface area contributed by atoms with Crippen LogP contribution in [0.3, 0.4) is 0 Å². The van der Waals surface area contributed by atoms with Gasteiger partial charge in [-0.1, -0.05) is 99.5 Å². The van der Waals surface area contributed by atoms with Gasteiger partial charge in [-0.3, -0.25) is 9.59 Å². The predicted octanol–water partition coefficient (Wildman–Crippen LogP) is 4.74. The first-order chi connectivity index (χ1) is 54.0. The molecule has 0 amide bonds. The zero-order valence-electron chi connectivity index (χ0n) is 70.1. The molecule has 5 heterocycles. The first-order valence-corrected chi connectivity index (χ1v) is 42.7. The van der Waals surface area contributed by atoms with Crippen LogP contribution in [0.4, 0.5) is 0 Å². The summed E-state index contributed by atoms with van der Waals surface area (Å²) in [5, 5.41) is 183. The summed E-state index contributed by atoms with van der Waals surface area (Å²) in [5.74, 6) is -1.28. The maximum Gasteiger partial charge on any atom is 0.317 e. The molecule has 12 fully saturated rings. The monoisotopic (exact) mass is 1640 g/mol. The molecule has 0 bridgehead atoms. The molecular weight excluding hydrogens is 1510 g/mol. The number of aliphatic hydroxyl groups is 14. The Kier molecular flexibility index (Phi) is 23.6. The molecule has 38 atom stereocenters. The van der Waals surface area contributed by atoms with Gasteiger partial charge in [0, 0.05) is 5.41 Å². The molecule has 14 aliphatic rings. The van der Waals surface area contributed by atoms with Gasteiger partial charge in [-0.15, -0.1) is 0 Å². The summed E-state index contributed by atoms with van der Waals surface area (Å²) in [5.41, 5.74) is 1.73. The van der Waals surface area contributed by atoms with E-state index in [9.17, 15) is 91.6 Å². The number of carboxylic acid groups (broad SMARTS) is 1. The summed E-state index contributed by atoms with van der Waals surface area (Å²) >= 11 is 0. The molecule has 0 spiro atoms. The quantitative estimate of drug-likeness (QED) is 0.0581. The molecule has 656 valence electrons. The van der Waals surface area contributed by atoms with E-state index in [-0.39, 0.29) is 80.7 Å². The van der Waals surface area contributed by atoms with Crippen LogP contribution in [0.2, 0.25) is 0 Å². The zero-order chi connectivity index (χ0) is 84.8. The Morgan fingerprint density at radius 2 is 1.09 bits per heavy atom. The van der Waals surface area contributed by atoms with Crippen LogP contribution < -0.4 is 0 Å². The number of hydrogen-bond donors (Lipinski definition) is 17. The van der Waals surface area contributed by atoms with Gasteiger partial charge in [-0.25, -0.2) is 0 Å². The van der Waals surface area contributed by atoms with Crippen molar-refractivity contribution < 1.29 is 144 Å². The number of carbonyl (C=O) groups excluding carboxylic acids is 1. The molecule has 1 aromatic carbocycles. The minimum absolute atomic E-state index is 0.00431. The van der Waals surface area contributed by atoms with Crippen LogP contribution in [-0.4, -0.2) is 272 Å². The van der Waals surface area contributed by atoms with E-state index in [1.165, 1.54) is 18.1 Å². The average Bonchev–Trinajstić information content (AvgIpc) is 0.679. The van der Waals surface area contributed by atoms with Crippen molar-refractivity contribution in [3.8, 4) is 11.5 Å². The number of esters is 1. The number of carboxylic acids is 1. The summed E-state index contributed by atoms with van der Waals surface area (Å²) < 4.78 is 59.6. The van der Waals surface area contributed by atoms with E-state index in [2.05, 4.69) is 88.3 Å². The Hall–Kier alpha value is -3.68.